The van der Waals surface area contributed by atoms with Gasteiger partial charge in [0, 0.05) is 11.4 Å². The fourth-order valence-corrected chi connectivity index (χ4v) is 3.62. The lowest BCUT2D eigenvalue weighted by atomic mass is 10.0. The molecule has 2 aromatic carbocycles. The molecule has 0 radical (unpaired) electrons. The first-order valence-corrected chi connectivity index (χ1v) is 10.4. The maximum absolute atomic E-state index is 13.1. The molecule has 0 fully saturated rings. The number of anilines is 2. The molecule has 0 spiro atoms. The van der Waals surface area contributed by atoms with Crippen LogP contribution in [0.3, 0.4) is 0 Å². The number of ether oxygens (including phenoxy) is 1. The zero-order valence-corrected chi connectivity index (χ0v) is 16.8. The van der Waals surface area contributed by atoms with Gasteiger partial charge in [-0.1, -0.05) is 18.2 Å². The second-order valence-corrected chi connectivity index (χ2v) is 8.16. The van der Waals surface area contributed by atoms with Crippen molar-refractivity contribution in [3.8, 4) is 0 Å². The van der Waals surface area contributed by atoms with Gasteiger partial charge in [-0.25, -0.2) is 18.4 Å². The molecular formula is C20H21N3O5S. The van der Waals surface area contributed by atoms with E-state index in [9.17, 15) is 18.0 Å². The zero-order chi connectivity index (χ0) is 21.2. The van der Waals surface area contributed by atoms with Crippen molar-refractivity contribution in [1.29, 1.82) is 0 Å². The van der Waals surface area contributed by atoms with Crippen LogP contribution in [0.5, 0.6) is 0 Å². The van der Waals surface area contributed by atoms with E-state index in [0.29, 0.717) is 11.4 Å². The average molecular weight is 415 g/mol. The highest BCUT2D eigenvalue weighted by molar-refractivity contribution is 7.89. The van der Waals surface area contributed by atoms with Gasteiger partial charge in [0.05, 0.1) is 11.5 Å². The fraction of sp³-hybridized carbons (Fsp3) is 0.200. The number of nitrogens with two attached hydrogens (primary N) is 1. The lowest BCUT2D eigenvalue weighted by molar-refractivity contribution is -0.147. The minimum absolute atomic E-state index is 0.0444. The van der Waals surface area contributed by atoms with Gasteiger partial charge in [0.25, 0.3) is 5.91 Å². The Bertz CT molecular complexity index is 1070. The quantitative estimate of drug-likeness (QED) is 0.697. The number of hydrogen-bond donors (Lipinski definition) is 2. The van der Waals surface area contributed by atoms with Gasteiger partial charge < -0.3 is 10.1 Å². The molecule has 0 aliphatic carbocycles. The minimum Gasteiger partial charge on any atom is -0.464 e. The zero-order valence-electron chi connectivity index (χ0n) is 16.0. The van der Waals surface area contributed by atoms with Gasteiger partial charge in [-0.3, -0.25) is 9.69 Å². The number of benzene rings is 2. The molecule has 1 amide bonds. The number of para-hydroxylation sites is 1. The van der Waals surface area contributed by atoms with Crippen LogP contribution >= 0.6 is 0 Å². The molecule has 0 saturated carbocycles. The van der Waals surface area contributed by atoms with Crippen molar-refractivity contribution >= 4 is 33.3 Å². The molecule has 3 N–H and O–H groups in total. The Morgan fingerprint density at radius 1 is 1.14 bits per heavy atom. The standard InChI is InChI=1S/C20H21N3O5S/c1-3-28-19(25)20(2)13-17(18(24)23(20)15-7-5-4-6-8-15)22-14-9-11-16(12-10-14)29(21,26)27/h4-13,22H,3H2,1-2H3,(H2,21,26,27). The summed E-state index contributed by atoms with van der Waals surface area (Å²) in [4.78, 5) is 27.1. The van der Waals surface area contributed by atoms with Crippen molar-refractivity contribution in [1.82, 2.24) is 0 Å². The summed E-state index contributed by atoms with van der Waals surface area (Å²) in [6, 6.07) is 14.4. The van der Waals surface area contributed by atoms with Gasteiger partial charge in [0.15, 0.2) is 5.54 Å². The Hall–Kier alpha value is -3.17. The fourth-order valence-electron chi connectivity index (χ4n) is 3.10. The highest BCUT2D eigenvalue weighted by Crippen LogP contribution is 2.35. The molecule has 29 heavy (non-hydrogen) atoms. The van der Waals surface area contributed by atoms with Crippen LogP contribution in [0.25, 0.3) is 0 Å². The van der Waals surface area contributed by atoms with E-state index in [1.54, 1.807) is 38.1 Å². The molecule has 0 saturated heterocycles. The molecule has 1 atom stereocenters. The summed E-state index contributed by atoms with van der Waals surface area (Å²) >= 11 is 0. The highest BCUT2D eigenvalue weighted by atomic mass is 32.2. The summed E-state index contributed by atoms with van der Waals surface area (Å²) in [5.74, 6) is -0.971. The molecule has 8 nitrogen and oxygen atoms in total. The van der Waals surface area contributed by atoms with Gasteiger partial charge in [0.2, 0.25) is 10.0 Å². The maximum Gasteiger partial charge on any atom is 0.336 e. The maximum atomic E-state index is 13.1. The van der Waals surface area contributed by atoms with E-state index in [1.165, 1.54) is 35.2 Å². The van der Waals surface area contributed by atoms with Crippen LogP contribution in [-0.4, -0.2) is 32.4 Å². The number of rotatable bonds is 6. The third kappa shape index (κ3) is 4.01. The van der Waals surface area contributed by atoms with E-state index in [4.69, 9.17) is 9.88 Å². The number of carbonyl (C=O) groups excluding carboxylic acids is 2. The largest absolute Gasteiger partial charge is 0.464 e. The monoisotopic (exact) mass is 415 g/mol. The third-order valence-electron chi connectivity index (χ3n) is 4.49. The van der Waals surface area contributed by atoms with E-state index in [2.05, 4.69) is 5.32 Å². The smallest absolute Gasteiger partial charge is 0.336 e. The summed E-state index contributed by atoms with van der Waals surface area (Å²) in [7, 11) is -3.82. The summed E-state index contributed by atoms with van der Waals surface area (Å²) in [6.07, 6.45) is 1.51. The summed E-state index contributed by atoms with van der Waals surface area (Å²) in [5.41, 5.74) is -0.145. The molecule has 2 aromatic rings. The Morgan fingerprint density at radius 3 is 2.31 bits per heavy atom. The molecule has 0 aromatic heterocycles. The number of amides is 1. The minimum atomic E-state index is -3.82. The first-order chi connectivity index (χ1) is 13.7. The Kier molecular flexibility index (Phi) is 5.45. The highest BCUT2D eigenvalue weighted by Gasteiger charge is 2.49. The van der Waals surface area contributed by atoms with Crippen molar-refractivity contribution in [2.75, 3.05) is 16.8 Å². The normalized spacial score (nSPS) is 19.1. The molecule has 1 aliphatic heterocycles. The van der Waals surface area contributed by atoms with Gasteiger partial charge in [-0.05, 0) is 56.3 Å². The number of nitrogens with one attached hydrogen (secondary N) is 1. The second-order valence-electron chi connectivity index (χ2n) is 6.60. The second kappa shape index (κ2) is 7.69. The SMILES string of the molecule is CCOC(=O)C1(C)C=C(Nc2ccc(S(N)(=O)=O)cc2)C(=O)N1c1ccccc1. The van der Waals surface area contributed by atoms with Crippen LogP contribution < -0.4 is 15.4 Å². The van der Waals surface area contributed by atoms with Crippen LogP contribution in [0.2, 0.25) is 0 Å². The molecule has 1 aliphatic rings. The molecule has 0 bridgehead atoms. The molecular weight excluding hydrogens is 394 g/mol. The summed E-state index contributed by atoms with van der Waals surface area (Å²) < 4.78 is 28.0. The van der Waals surface area contributed by atoms with Crippen LogP contribution in [-0.2, 0) is 24.3 Å². The summed E-state index contributed by atoms with van der Waals surface area (Å²) in [5, 5.41) is 8.05. The van der Waals surface area contributed by atoms with Gasteiger partial charge in [-0.2, -0.15) is 0 Å². The van der Waals surface area contributed by atoms with Crippen LogP contribution in [0.4, 0.5) is 11.4 Å². The van der Waals surface area contributed by atoms with E-state index in [0.717, 1.165) is 0 Å². The molecule has 1 heterocycles. The molecule has 9 heteroatoms. The average Bonchev–Trinajstić information content (AvgIpc) is 2.93. The lowest BCUT2D eigenvalue weighted by Gasteiger charge is -2.32. The number of sulfonamides is 1. The number of esters is 1. The van der Waals surface area contributed by atoms with Gasteiger partial charge in [-0.15, -0.1) is 0 Å². The van der Waals surface area contributed by atoms with Gasteiger partial charge in [0.1, 0.15) is 5.70 Å². The van der Waals surface area contributed by atoms with Crippen molar-refractivity contribution < 1.29 is 22.7 Å². The van der Waals surface area contributed by atoms with E-state index < -0.39 is 27.4 Å². The predicted octanol–water partition coefficient (Wildman–Crippen LogP) is 2.00. The lowest BCUT2D eigenvalue weighted by Crippen LogP contribution is -2.51. The number of carbonyl (C=O) groups is 2. The van der Waals surface area contributed by atoms with E-state index >= 15 is 0 Å². The molecule has 1 unspecified atom stereocenters. The number of primary sulfonamides is 1. The number of nitrogens with zero attached hydrogens (tertiary/aromatic N) is 1. The van der Waals surface area contributed by atoms with Gasteiger partial charge >= 0.3 is 5.97 Å². The van der Waals surface area contributed by atoms with E-state index in [1.807, 2.05) is 6.07 Å². The molecule has 152 valence electrons. The summed E-state index contributed by atoms with van der Waals surface area (Å²) in [6.45, 7) is 3.48. The first kappa shape index (κ1) is 20.6. The van der Waals surface area contributed by atoms with Crippen molar-refractivity contribution in [2.24, 2.45) is 5.14 Å². The Morgan fingerprint density at radius 2 is 1.76 bits per heavy atom. The van der Waals surface area contributed by atoms with Crippen LogP contribution in [0, 0.1) is 0 Å². The van der Waals surface area contributed by atoms with Crippen LogP contribution in [0.15, 0.2) is 71.3 Å². The van der Waals surface area contributed by atoms with Crippen molar-refractivity contribution in [2.45, 2.75) is 24.3 Å². The first-order valence-electron chi connectivity index (χ1n) is 8.86. The predicted molar refractivity (Wildman–Crippen MR) is 108 cm³/mol. The van der Waals surface area contributed by atoms with Crippen LogP contribution in [0.1, 0.15) is 13.8 Å². The van der Waals surface area contributed by atoms with E-state index in [-0.39, 0.29) is 17.2 Å². The third-order valence-corrected chi connectivity index (χ3v) is 5.42. The number of hydrogen-bond acceptors (Lipinski definition) is 6. The van der Waals surface area contributed by atoms with Crippen molar-refractivity contribution in [3.05, 3.63) is 66.4 Å². The molecule has 3 rings (SSSR count). The van der Waals surface area contributed by atoms with Crippen molar-refractivity contribution in [3.63, 3.8) is 0 Å². The Balaban J connectivity index is 1.96. The Labute approximate surface area is 169 Å². The topological polar surface area (TPSA) is 119 Å².